The lowest BCUT2D eigenvalue weighted by molar-refractivity contribution is -0.126. The number of piperidine rings is 1. The van der Waals surface area contributed by atoms with Crippen LogP contribution in [0.1, 0.15) is 18.4 Å². The number of amides is 1. The summed E-state index contributed by atoms with van der Waals surface area (Å²) in [6.45, 7) is 1.11. The summed E-state index contributed by atoms with van der Waals surface area (Å²) in [7, 11) is -1.89. The molecule has 1 N–H and O–H groups in total. The molecule has 1 aliphatic rings. The molecule has 0 aliphatic carbocycles. The van der Waals surface area contributed by atoms with Crippen LogP contribution in [0.15, 0.2) is 46.0 Å². The SMILES string of the molecule is COc1ccc(CNC(=O)[C@@H]2CCCN(S(=O)(=O)c3cccs3)C2)cc1. The summed E-state index contributed by atoms with van der Waals surface area (Å²) in [5.41, 5.74) is 0.970. The highest BCUT2D eigenvalue weighted by molar-refractivity contribution is 7.91. The van der Waals surface area contributed by atoms with Crippen LogP contribution in [0.2, 0.25) is 0 Å². The molecule has 1 fully saturated rings. The van der Waals surface area contributed by atoms with E-state index < -0.39 is 10.0 Å². The fourth-order valence-corrected chi connectivity index (χ4v) is 5.66. The van der Waals surface area contributed by atoms with Crippen LogP contribution in [-0.4, -0.2) is 38.8 Å². The summed E-state index contributed by atoms with van der Waals surface area (Å²) in [5, 5.41) is 4.66. The topological polar surface area (TPSA) is 75.7 Å². The first-order valence-corrected chi connectivity index (χ1v) is 10.8. The first-order chi connectivity index (χ1) is 12.5. The number of carbonyl (C=O) groups is 1. The van der Waals surface area contributed by atoms with Crippen LogP contribution in [-0.2, 0) is 21.4 Å². The third kappa shape index (κ3) is 4.25. The molecule has 8 heteroatoms. The summed E-state index contributed by atoms with van der Waals surface area (Å²) in [4.78, 5) is 12.5. The number of methoxy groups -OCH3 is 1. The van der Waals surface area contributed by atoms with Crippen LogP contribution < -0.4 is 10.1 Å². The molecule has 140 valence electrons. The van der Waals surface area contributed by atoms with Crippen LogP contribution in [0.25, 0.3) is 0 Å². The Hall–Kier alpha value is -1.90. The van der Waals surface area contributed by atoms with E-state index in [1.807, 2.05) is 24.3 Å². The minimum atomic E-state index is -3.50. The number of sulfonamides is 1. The molecule has 6 nitrogen and oxygen atoms in total. The first kappa shape index (κ1) is 18.9. The van der Waals surface area contributed by atoms with E-state index in [4.69, 9.17) is 4.74 Å². The normalized spacial score (nSPS) is 18.4. The Bertz CT molecular complexity index is 833. The van der Waals surface area contributed by atoms with E-state index in [0.29, 0.717) is 30.1 Å². The number of carbonyl (C=O) groups excluding carboxylic acids is 1. The molecule has 0 saturated carbocycles. The third-order valence-electron chi connectivity index (χ3n) is 4.47. The largest absolute Gasteiger partial charge is 0.497 e. The quantitative estimate of drug-likeness (QED) is 0.817. The van der Waals surface area contributed by atoms with Gasteiger partial charge in [0.2, 0.25) is 5.91 Å². The second-order valence-electron chi connectivity index (χ2n) is 6.20. The van der Waals surface area contributed by atoms with Gasteiger partial charge in [0.15, 0.2) is 0 Å². The molecule has 0 bridgehead atoms. The maximum atomic E-state index is 12.6. The van der Waals surface area contributed by atoms with Crippen molar-refractivity contribution < 1.29 is 17.9 Å². The van der Waals surface area contributed by atoms with Gasteiger partial charge in [-0.15, -0.1) is 11.3 Å². The molecule has 1 amide bonds. The molecule has 0 spiro atoms. The minimum Gasteiger partial charge on any atom is -0.497 e. The number of ether oxygens (including phenoxy) is 1. The van der Waals surface area contributed by atoms with Crippen molar-refractivity contribution in [2.24, 2.45) is 5.92 Å². The van der Waals surface area contributed by atoms with E-state index in [2.05, 4.69) is 5.32 Å². The standard InChI is InChI=1S/C18H22N2O4S2/c1-24-16-8-6-14(7-9-16)12-19-18(21)15-4-2-10-20(13-15)26(22,23)17-5-3-11-25-17/h3,5-9,11,15H,2,4,10,12-13H2,1H3,(H,19,21)/t15-/m1/s1. The number of nitrogens with one attached hydrogen (secondary N) is 1. The van der Waals surface area contributed by atoms with Crippen LogP contribution in [0.5, 0.6) is 5.75 Å². The van der Waals surface area contributed by atoms with E-state index in [-0.39, 0.29) is 18.4 Å². The molecule has 26 heavy (non-hydrogen) atoms. The lowest BCUT2D eigenvalue weighted by Crippen LogP contribution is -2.45. The van der Waals surface area contributed by atoms with Crippen molar-refractivity contribution in [1.29, 1.82) is 0 Å². The molecule has 1 aromatic heterocycles. The molecular formula is C18H22N2O4S2. The van der Waals surface area contributed by atoms with Crippen LogP contribution in [0, 0.1) is 5.92 Å². The Kier molecular flexibility index (Phi) is 5.95. The Morgan fingerprint density at radius 3 is 2.73 bits per heavy atom. The number of nitrogens with zero attached hydrogens (tertiary/aromatic N) is 1. The van der Waals surface area contributed by atoms with Crippen LogP contribution >= 0.6 is 11.3 Å². The first-order valence-electron chi connectivity index (χ1n) is 8.45. The van der Waals surface area contributed by atoms with E-state index in [9.17, 15) is 13.2 Å². The van der Waals surface area contributed by atoms with Gasteiger partial charge in [0.1, 0.15) is 9.96 Å². The third-order valence-corrected chi connectivity index (χ3v) is 7.71. The van der Waals surface area contributed by atoms with Crippen molar-refractivity contribution in [3.05, 3.63) is 47.3 Å². The van der Waals surface area contributed by atoms with E-state index in [1.165, 1.54) is 15.6 Å². The van der Waals surface area contributed by atoms with Gasteiger partial charge in [-0.3, -0.25) is 4.79 Å². The number of hydrogen-bond donors (Lipinski definition) is 1. The zero-order valence-electron chi connectivity index (χ0n) is 14.6. The molecule has 2 aromatic rings. The van der Waals surface area contributed by atoms with Crippen molar-refractivity contribution in [1.82, 2.24) is 9.62 Å². The second kappa shape index (κ2) is 8.20. The molecule has 3 rings (SSSR count). The molecule has 1 saturated heterocycles. The predicted molar refractivity (Wildman–Crippen MR) is 101 cm³/mol. The highest BCUT2D eigenvalue weighted by Crippen LogP contribution is 2.26. The molecule has 0 radical (unpaired) electrons. The lowest BCUT2D eigenvalue weighted by atomic mass is 9.99. The minimum absolute atomic E-state index is 0.105. The zero-order chi connectivity index (χ0) is 18.6. The Balaban J connectivity index is 1.59. The Morgan fingerprint density at radius 1 is 1.31 bits per heavy atom. The van der Waals surface area contributed by atoms with Gasteiger partial charge < -0.3 is 10.1 Å². The summed E-state index contributed by atoms with van der Waals surface area (Å²) < 4.78 is 32.2. The average molecular weight is 395 g/mol. The summed E-state index contributed by atoms with van der Waals surface area (Å²) in [5.74, 6) is 0.338. The monoisotopic (exact) mass is 394 g/mol. The molecular weight excluding hydrogens is 372 g/mol. The Labute approximate surface area is 157 Å². The molecule has 1 aliphatic heterocycles. The van der Waals surface area contributed by atoms with Crippen molar-refractivity contribution in [2.45, 2.75) is 23.6 Å². The number of rotatable bonds is 6. The van der Waals surface area contributed by atoms with Crippen molar-refractivity contribution >= 4 is 27.3 Å². The van der Waals surface area contributed by atoms with Crippen molar-refractivity contribution in [3.63, 3.8) is 0 Å². The Morgan fingerprint density at radius 2 is 2.08 bits per heavy atom. The van der Waals surface area contributed by atoms with E-state index in [0.717, 1.165) is 11.3 Å². The van der Waals surface area contributed by atoms with Crippen molar-refractivity contribution in [2.75, 3.05) is 20.2 Å². The second-order valence-corrected chi connectivity index (χ2v) is 9.31. The summed E-state index contributed by atoms with van der Waals surface area (Å²) >= 11 is 1.20. The zero-order valence-corrected chi connectivity index (χ0v) is 16.2. The summed E-state index contributed by atoms with van der Waals surface area (Å²) in [6, 6.07) is 10.8. The van der Waals surface area contributed by atoms with Gasteiger partial charge in [-0.1, -0.05) is 18.2 Å². The highest BCUT2D eigenvalue weighted by Gasteiger charge is 2.33. The number of hydrogen-bond acceptors (Lipinski definition) is 5. The van der Waals surface area contributed by atoms with Crippen LogP contribution in [0.4, 0.5) is 0 Å². The van der Waals surface area contributed by atoms with E-state index >= 15 is 0 Å². The number of benzene rings is 1. The fourth-order valence-electron chi connectivity index (χ4n) is 2.99. The van der Waals surface area contributed by atoms with Crippen molar-refractivity contribution in [3.8, 4) is 5.75 Å². The van der Waals surface area contributed by atoms with Gasteiger partial charge in [-0.25, -0.2) is 8.42 Å². The maximum Gasteiger partial charge on any atom is 0.252 e. The predicted octanol–water partition coefficient (Wildman–Crippen LogP) is 2.47. The van der Waals surface area contributed by atoms with Gasteiger partial charge >= 0.3 is 0 Å². The molecule has 1 aromatic carbocycles. The number of thiophene rings is 1. The molecule has 1 atom stereocenters. The smallest absolute Gasteiger partial charge is 0.252 e. The van der Waals surface area contributed by atoms with Gasteiger partial charge in [0, 0.05) is 19.6 Å². The van der Waals surface area contributed by atoms with Gasteiger partial charge in [-0.2, -0.15) is 4.31 Å². The average Bonchev–Trinajstić information content (AvgIpc) is 3.22. The van der Waals surface area contributed by atoms with Crippen LogP contribution in [0.3, 0.4) is 0 Å². The molecule has 2 heterocycles. The van der Waals surface area contributed by atoms with Gasteiger partial charge in [0.05, 0.1) is 13.0 Å². The van der Waals surface area contributed by atoms with E-state index in [1.54, 1.807) is 24.6 Å². The summed E-state index contributed by atoms with van der Waals surface area (Å²) in [6.07, 6.45) is 1.39. The lowest BCUT2D eigenvalue weighted by Gasteiger charge is -2.30. The fraction of sp³-hybridized carbons (Fsp3) is 0.389. The van der Waals surface area contributed by atoms with Gasteiger partial charge in [-0.05, 0) is 42.0 Å². The van der Waals surface area contributed by atoms with Gasteiger partial charge in [0.25, 0.3) is 10.0 Å². The maximum absolute atomic E-state index is 12.6. The highest BCUT2D eigenvalue weighted by atomic mass is 32.2. The molecule has 0 unspecified atom stereocenters.